The molecular weight excluding hydrogens is 412 g/mol. The Morgan fingerprint density at radius 3 is 2.50 bits per heavy atom. The predicted molar refractivity (Wildman–Crippen MR) is 116 cm³/mol. The quantitative estimate of drug-likeness (QED) is 0.631. The third-order valence-electron chi connectivity index (χ3n) is 7.50. The highest BCUT2D eigenvalue weighted by Crippen LogP contribution is 2.67. The van der Waals surface area contributed by atoms with Crippen LogP contribution in [-0.2, 0) is 5.41 Å². The molecule has 3 aromatic rings. The first kappa shape index (κ1) is 20.9. The SMILES string of the molecule is CC1(C)[C@H]2CC[C@]1(CN(CCO)c1ncccn1)c1nnc(-c3c(F)cccc3F)cc12. The van der Waals surface area contributed by atoms with Gasteiger partial charge in [-0.3, -0.25) is 0 Å². The van der Waals surface area contributed by atoms with Crippen LogP contribution in [-0.4, -0.2) is 45.0 Å². The van der Waals surface area contributed by atoms with E-state index in [-0.39, 0.29) is 34.6 Å². The molecule has 0 saturated heterocycles. The Balaban J connectivity index is 1.59. The Labute approximate surface area is 185 Å². The number of hydrogen-bond acceptors (Lipinski definition) is 6. The third-order valence-corrected chi connectivity index (χ3v) is 7.50. The maximum absolute atomic E-state index is 14.4. The molecule has 8 heteroatoms. The molecule has 166 valence electrons. The Hall–Kier alpha value is -3.00. The Morgan fingerprint density at radius 1 is 1.09 bits per heavy atom. The van der Waals surface area contributed by atoms with Crippen molar-refractivity contribution >= 4 is 5.95 Å². The highest BCUT2D eigenvalue weighted by Gasteiger charge is 2.63. The molecule has 5 rings (SSSR count). The molecule has 1 N–H and O–H groups in total. The van der Waals surface area contributed by atoms with Crippen molar-refractivity contribution in [2.75, 3.05) is 24.6 Å². The molecule has 0 aliphatic heterocycles. The number of nitrogens with zero attached hydrogens (tertiary/aromatic N) is 5. The number of aliphatic hydroxyl groups excluding tert-OH is 1. The number of anilines is 1. The van der Waals surface area contributed by atoms with E-state index < -0.39 is 11.6 Å². The summed E-state index contributed by atoms with van der Waals surface area (Å²) in [5.74, 6) is -0.533. The van der Waals surface area contributed by atoms with Crippen molar-refractivity contribution in [3.63, 3.8) is 0 Å². The lowest BCUT2D eigenvalue weighted by molar-refractivity contribution is 0.204. The van der Waals surface area contributed by atoms with Gasteiger partial charge in [0.15, 0.2) is 0 Å². The van der Waals surface area contributed by atoms with Crippen molar-refractivity contribution in [1.82, 2.24) is 20.2 Å². The topological polar surface area (TPSA) is 75.0 Å². The van der Waals surface area contributed by atoms with Crippen LogP contribution in [0.1, 0.15) is 43.9 Å². The number of aliphatic hydroxyl groups is 1. The summed E-state index contributed by atoms with van der Waals surface area (Å²) in [6.45, 7) is 5.39. The zero-order valence-corrected chi connectivity index (χ0v) is 18.1. The minimum atomic E-state index is -0.647. The Bertz CT molecular complexity index is 1140. The van der Waals surface area contributed by atoms with Crippen molar-refractivity contribution in [2.24, 2.45) is 5.41 Å². The molecular formula is C24H25F2N5O. The van der Waals surface area contributed by atoms with Gasteiger partial charge < -0.3 is 10.0 Å². The number of fused-ring (bicyclic) bond motifs is 5. The van der Waals surface area contributed by atoms with E-state index in [1.807, 2.05) is 11.0 Å². The van der Waals surface area contributed by atoms with E-state index in [0.29, 0.717) is 19.0 Å². The van der Waals surface area contributed by atoms with Crippen LogP contribution in [0.3, 0.4) is 0 Å². The summed E-state index contributed by atoms with van der Waals surface area (Å²) < 4.78 is 28.8. The highest BCUT2D eigenvalue weighted by atomic mass is 19.1. The van der Waals surface area contributed by atoms with Gasteiger partial charge in [0.25, 0.3) is 0 Å². The maximum Gasteiger partial charge on any atom is 0.225 e. The molecule has 0 radical (unpaired) electrons. The van der Waals surface area contributed by atoms with Gasteiger partial charge in [-0.15, -0.1) is 0 Å². The van der Waals surface area contributed by atoms with Gasteiger partial charge in [-0.05, 0) is 54.0 Å². The average molecular weight is 437 g/mol. The number of hydrogen-bond donors (Lipinski definition) is 1. The van der Waals surface area contributed by atoms with Crippen LogP contribution in [0, 0.1) is 17.0 Å². The van der Waals surface area contributed by atoms with Crippen LogP contribution in [0.2, 0.25) is 0 Å². The lowest BCUT2D eigenvalue weighted by Gasteiger charge is -2.41. The molecule has 2 atom stereocenters. The molecule has 0 unspecified atom stereocenters. The van der Waals surface area contributed by atoms with Crippen molar-refractivity contribution in [1.29, 1.82) is 0 Å². The smallest absolute Gasteiger partial charge is 0.225 e. The van der Waals surface area contributed by atoms with Crippen molar-refractivity contribution in [3.8, 4) is 11.3 Å². The Kier molecular flexibility index (Phi) is 4.93. The second kappa shape index (κ2) is 7.55. The van der Waals surface area contributed by atoms with Gasteiger partial charge >= 0.3 is 0 Å². The van der Waals surface area contributed by atoms with E-state index >= 15 is 0 Å². The zero-order chi connectivity index (χ0) is 22.5. The average Bonchev–Trinajstić information content (AvgIpc) is 3.14. The predicted octanol–water partition coefficient (Wildman–Crippen LogP) is 3.87. The van der Waals surface area contributed by atoms with Crippen molar-refractivity contribution in [3.05, 3.63) is 65.6 Å². The highest BCUT2D eigenvalue weighted by molar-refractivity contribution is 5.63. The molecule has 1 aromatic carbocycles. The van der Waals surface area contributed by atoms with E-state index in [0.717, 1.165) is 24.1 Å². The van der Waals surface area contributed by atoms with Gasteiger partial charge in [0.2, 0.25) is 5.95 Å². The maximum atomic E-state index is 14.4. The van der Waals surface area contributed by atoms with E-state index in [9.17, 15) is 13.9 Å². The van der Waals surface area contributed by atoms with Gasteiger partial charge in [-0.25, -0.2) is 18.7 Å². The minimum Gasteiger partial charge on any atom is -0.395 e. The van der Waals surface area contributed by atoms with Crippen molar-refractivity contribution in [2.45, 2.75) is 38.0 Å². The summed E-state index contributed by atoms with van der Waals surface area (Å²) >= 11 is 0. The second-order valence-corrected chi connectivity index (χ2v) is 9.22. The van der Waals surface area contributed by atoms with Crippen LogP contribution >= 0.6 is 0 Å². The van der Waals surface area contributed by atoms with Crippen LogP contribution in [0.5, 0.6) is 0 Å². The summed E-state index contributed by atoms with van der Waals surface area (Å²) in [5.41, 5.74) is 1.47. The molecule has 2 aliphatic carbocycles. The largest absolute Gasteiger partial charge is 0.395 e. The molecule has 32 heavy (non-hydrogen) atoms. The van der Waals surface area contributed by atoms with Crippen LogP contribution in [0.4, 0.5) is 14.7 Å². The fourth-order valence-corrected chi connectivity index (χ4v) is 5.79. The van der Waals surface area contributed by atoms with Crippen LogP contribution in [0.15, 0.2) is 42.7 Å². The molecule has 0 amide bonds. The van der Waals surface area contributed by atoms with Gasteiger partial charge in [-0.2, -0.15) is 10.2 Å². The van der Waals surface area contributed by atoms with E-state index in [2.05, 4.69) is 34.0 Å². The van der Waals surface area contributed by atoms with Gasteiger partial charge in [0, 0.05) is 30.9 Å². The fourth-order valence-electron chi connectivity index (χ4n) is 5.79. The van der Waals surface area contributed by atoms with Crippen LogP contribution < -0.4 is 4.90 Å². The lowest BCUT2D eigenvalue weighted by atomic mass is 9.68. The standard InChI is InChI=1S/C24H25F2N5O/c1-23(2)16-7-8-24(23,14-31(11-12-32)22-27-9-4-10-28-22)21-15(16)13-19(29-30-21)20-17(25)5-3-6-18(20)26/h3-6,9-10,13,16,32H,7-8,11-12,14H2,1-2H3/t16-,24-/m0/s1. The summed E-state index contributed by atoms with van der Waals surface area (Å²) in [6, 6.07) is 7.38. The minimum absolute atomic E-state index is 0.0256. The van der Waals surface area contributed by atoms with Gasteiger partial charge in [0.05, 0.1) is 23.6 Å². The number of halogens is 2. The third kappa shape index (κ3) is 2.92. The molecule has 2 heterocycles. The van der Waals surface area contributed by atoms with Crippen molar-refractivity contribution < 1.29 is 13.9 Å². The molecule has 2 aliphatic rings. The number of rotatable bonds is 6. The second-order valence-electron chi connectivity index (χ2n) is 9.22. The van der Waals surface area contributed by atoms with Crippen LogP contribution in [0.25, 0.3) is 11.3 Å². The first-order valence-corrected chi connectivity index (χ1v) is 10.8. The Morgan fingerprint density at radius 2 is 1.81 bits per heavy atom. The molecule has 2 aromatic heterocycles. The van der Waals surface area contributed by atoms with Gasteiger partial charge in [-0.1, -0.05) is 19.9 Å². The fraction of sp³-hybridized carbons (Fsp3) is 0.417. The molecule has 6 nitrogen and oxygen atoms in total. The summed E-state index contributed by atoms with van der Waals surface area (Å²) in [6.07, 6.45) is 5.23. The molecule has 1 fully saturated rings. The summed E-state index contributed by atoms with van der Waals surface area (Å²) in [7, 11) is 0. The molecule has 2 bridgehead atoms. The lowest BCUT2D eigenvalue weighted by Crippen LogP contribution is -2.48. The molecule has 0 spiro atoms. The molecule has 1 saturated carbocycles. The summed E-state index contributed by atoms with van der Waals surface area (Å²) in [4.78, 5) is 10.8. The van der Waals surface area contributed by atoms with E-state index in [4.69, 9.17) is 0 Å². The number of aromatic nitrogens is 4. The zero-order valence-electron chi connectivity index (χ0n) is 18.1. The first-order valence-electron chi connectivity index (χ1n) is 10.8. The monoisotopic (exact) mass is 437 g/mol. The first-order chi connectivity index (χ1) is 15.4. The van der Waals surface area contributed by atoms with E-state index in [1.165, 1.54) is 18.2 Å². The number of benzene rings is 1. The van der Waals surface area contributed by atoms with E-state index in [1.54, 1.807) is 18.5 Å². The summed E-state index contributed by atoms with van der Waals surface area (Å²) in [5, 5.41) is 18.5. The van der Waals surface area contributed by atoms with Gasteiger partial charge in [0.1, 0.15) is 11.6 Å². The normalized spacial score (nSPS) is 22.7.